The van der Waals surface area contributed by atoms with E-state index < -0.39 is 23.6 Å². The Kier molecular flexibility index (Phi) is 6.38. The highest BCUT2D eigenvalue weighted by Gasteiger charge is 2.34. The number of unbranched alkanes of at least 4 members (excludes halogenated alkanes) is 1. The van der Waals surface area contributed by atoms with Crippen LogP contribution in [0.25, 0.3) is 0 Å². The summed E-state index contributed by atoms with van der Waals surface area (Å²) in [6, 6.07) is 2.40. The van der Waals surface area contributed by atoms with Crippen molar-refractivity contribution in [3.8, 4) is 0 Å². The lowest BCUT2D eigenvalue weighted by Gasteiger charge is -2.19. The fourth-order valence-electron chi connectivity index (χ4n) is 1.83. The van der Waals surface area contributed by atoms with Crippen molar-refractivity contribution >= 4 is 0 Å². The first kappa shape index (κ1) is 16.9. The summed E-state index contributed by atoms with van der Waals surface area (Å²) in [7, 11) is 0. The summed E-state index contributed by atoms with van der Waals surface area (Å²) in [5.41, 5.74) is 4.54. The first-order valence-corrected chi connectivity index (χ1v) is 6.31. The summed E-state index contributed by atoms with van der Waals surface area (Å²) >= 11 is 0. The Morgan fingerprint density at radius 3 is 2.50 bits per heavy atom. The third-order valence-corrected chi connectivity index (χ3v) is 2.91. The molecule has 0 saturated carbocycles. The monoisotopic (exact) mass is 294 g/mol. The SMILES string of the molecule is NCC(NCCCCO)c1ccc(F)c(C(F)(F)F)c1. The van der Waals surface area contributed by atoms with Gasteiger partial charge in [0, 0.05) is 19.2 Å². The summed E-state index contributed by atoms with van der Waals surface area (Å²) in [6.07, 6.45) is -3.45. The number of rotatable bonds is 7. The van der Waals surface area contributed by atoms with Gasteiger partial charge in [0.15, 0.2) is 0 Å². The molecule has 0 radical (unpaired) electrons. The highest BCUT2D eigenvalue weighted by atomic mass is 19.4. The van der Waals surface area contributed by atoms with Crippen molar-refractivity contribution in [2.45, 2.75) is 25.1 Å². The number of nitrogens with two attached hydrogens (primary N) is 1. The first-order chi connectivity index (χ1) is 9.40. The van der Waals surface area contributed by atoms with Crippen LogP contribution >= 0.6 is 0 Å². The fraction of sp³-hybridized carbons (Fsp3) is 0.538. The number of aliphatic hydroxyl groups is 1. The lowest BCUT2D eigenvalue weighted by molar-refractivity contribution is -0.140. The van der Waals surface area contributed by atoms with Gasteiger partial charge in [0.05, 0.1) is 5.56 Å². The summed E-state index contributed by atoms with van der Waals surface area (Å²) < 4.78 is 51.1. The molecule has 0 saturated heterocycles. The Labute approximate surface area is 114 Å². The molecule has 0 aliphatic rings. The van der Waals surface area contributed by atoms with E-state index in [1.807, 2.05) is 0 Å². The topological polar surface area (TPSA) is 58.3 Å². The van der Waals surface area contributed by atoms with Gasteiger partial charge in [-0.15, -0.1) is 0 Å². The molecule has 0 aliphatic heterocycles. The van der Waals surface area contributed by atoms with E-state index in [2.05, 4.69) is 5.32 Å². The predicted molar refractivity (Wildman–Crippen MR) is 67.5 cm³/mol. The quantitative estimate of drug-likeness (QED) is 0.534. The Bertz CT molecular complexity index is 423. The molecule has 0 spiro atoms. The molecular weight excluding hydrogens is 276 g/mol. The van der Waals surface area contributed by atoms with Crippen molar-refractivity contribution in [1.82, 2.24) is 5.32 Å². The average molecular weight is 294 g/mol. The molecule has 0 bridgehead atoms. The van der Waals surface area contributed by atoms with Gasteiger partial charge in [0.2, 0.25) is 0 Å². The van der Waals surface area contributed by atoms with Crippen LogP contribution in [-0.4, -0.2) is 24.8 Å². The Hall–Kier alpha value is -1.18. The van der Waals surface area contributed by atoms with Crippen LogP contribution in [0, 0.1) is 5.82 Å². The summed E-state index contributed by atoms with van der Waals surface area (Å²) in [4.78, 5) is 0. The minimum atomic E-state index is -4.73. The molecule has 7 heteroatoms. The second-order valence-electron chi connectivity index (χ2n) is 4.41. The van der Waals surface area contributed by atoms with Gasteiger partial charge in [0.25, 0.3) is 0 Å². The van der Waals surface area contributed by atoms with E-state index in [1.54, 1.807) is 0 Å². The average Bonchev–Trinajstić information content (AvgIpc) is 2.39. The van der Waals surface area contributed by atoms with Gasteiger partial charge in [-0.25, -0.2) is 4.39 Å². The molecule has 0 amide bonds. The van der Waals surface area contributed by atoms with Crippen molar-refractivity contribution in [1.29, 1.82) is 0 Å². The molecule has 1 aromatic rings. The minimum absolute atomic E-state index is 0.0593. The van der Waals surface area contributed by atoms with E-state index in [9.17, 15) is 17.6 Å². The second kappa shape index (κ2) is 7.56. The van der Waals surface area contributed by atoms with Gasteiger partial charge in [-0.1, -0.05) is 6.07 Å². The highest BCUT2D eigenvalue weighted by Crippen LogP contribution is 2.32. The van der Waals surface area contributed by atoms with Gasteiger partial charge < -0.3 is 16.2 Å². The van der Waals surface area contributed by atoms with Gasteiger partial charge in [-0.3, -0.25) is 0 Å². The molecule has 1 unspecified atom stereocenters. The van der Waals surface area contributed by atoms with Crippen LogP contribution in [-0.2, 0) is 6.18 Å². The fourth-order valence-corrected chi connectivity index (χ4v) is 1.83. The van der Waals surface area contributed by atoms with Crippen LogP contribution in [0.15, 0.2) is 18.2 Å². The Balaban J connectivity index is 2.82. The molecule has 1 aromatic carbocycles. The standard InChI is InChI=1S/C13H18F4N2O/c14-11-4-3-9(7-10(11)13(15,16)17)12(8-18)19-5-1-2-6-20/h3-4,7,12,19-20H,1-2,5-6,8,18H2. The van der Waals surface area contributed by atoms with Crippen molar-refractivity contribution in [3.05, 3.63) is 35.1 Å². The maximum atomic E-state index is 13.2. The van der Waals surface area contributed by atoms with Gasteiger partial charge in [-0.2, -0.15) is 13.2 Å². The van der Waals surface area contributed by atoms with Crippen LogP contribution in [0.3, 0.4) is 0 Å². The second-order valence-corrected chi connectivity index (χ2v) is 4.41. The maximum Gasteiger partial charge on any atom is 0.419 e. The molecule has 1 rings (SSSR count). The van der Waals surface area contributed by atoms with Crippen molar-refractivity contribution in [2.24, 2.45) is 5.73 Å². The molecule has 3 nitrogen and oxygen atoms in total. The normalized spacial score (nSPS) is 13.5. The van der Waals surface area contributed by atoms with Crippen molar-refractivity contribution in [3.63, 3.8) is 0 Å². The van der Waals surface area contributed by atoms with E-state index in [1.165, 1.54) is 6.07 Å². The number of benzene rings is 1. The molecular formula is C13H18F4N2O. The third-order valence-electron chi connectivity index (χ3n) is 2.91. The zero-order chi connectivity index (χ0) is 15.2. The number of aliphatic hydroxyl groups excluding tert-OH is 1. The first-order valence-electron chi connectivity index (χ1n) is 6.31. The van der Waals surface area contributed by atoms with E-state index in [-0.39, 0.29) is 13.2 Å². The highest BCUT2D eigenvalue weighted by molar-refractivity contribution is 5.29. The van der Waals surface area contributed by atoms with Crippen LogP contribution < -0.4 is 11.1 Å². The van der Waals surface area contributed by atoms with Crippen LogP contribution in [0.5, 0.6) is 0 Å². The number of hydrogen-bond acceptors (Lipinski definition) is 3. The van der Waals surface area contributed by atoms with Crippen molar-refractivity contribution in [2.75, 3.05) is 19.7 Å². The number of nitrogens with one attached hydrogen (secondary N) is 1. The van der Waals surface area contributed by atoms with Gasteiger partial charge in [0.1, 0.15) is 5.82 Å². The van der Waals surface area contributed by atoms with Crippen LogP contribution in [0.4, 0.5) is 17.6 Å². The van der Waals surface area contributed by atoms with Crippen molar-refractivity contribution < 1.29 is 22.7 Å². The predicted octanol–water partition coefficient (Wildman–Crippen LogP) is 2.21. The zero-order valence-corrected chi connectivity index (χ0v) is 10.9. The third kappa shape index (κ3) is 4.73. The number of alkyl halides is 3. The minimum Gasteiger partial charge on any atom is -0.396 e. The number of halogens is 4. The molecule has 1 atom stereocenters. The lowest BCUT2D eigenvalue weighted by atomic mass is 10.0. The molecule has 20 heavy (non-hydrogen) atoms. The summed E-state index contributed by atoms with van der Waals surface area (Å²) in [5, 5.41) is 11.6. The van der Waals surface area contributed by atoms with Crippen LogP contribution in [0.2, 0.25) is 0 Å². The largest absolute Gasteiger partial charge is 0.419 e. The molecule has 0 aromatic heterocycles. The van der Waals surface area contributed by atoms with E-state index in [0.29, 0.717) is 24.9 Å². The summed E-state index contributed by atoms with van der Waals surface area (Å²) in [6.45, 7) is 0.674. The van der Waals surface area contributed by atoms with E-state index in [4.69, 9.17) is 10.8 Å². The molecule has 0 aliphatic carbocycles. The molecule has 0 heterocycles. The Morgan fingerprint density at radius 2 is 1.95 bits per heavy atom. The smallest absolute Gasteiger partial charge is 0.396 e. The number of hydrogen-bond donors (Lipinski definition) is 3. The van der Waals surface area contributed by atoms with E-state index in [0.717, 1.165) is 12.1 Å². The van der Waals surface area contributed by atoms with Gasteiger partial charge >= 0.3 is 6.18 Å². The van der Waals surface area contributed by atoms with Crippen LogP contribution in [0.1, 0.15) is 30.0 Å². The molecule has 114 valence electrons. The molecule has 4 N–H and O–H groups in total. The Morgan fingerprint density at radius 1 is 1.25 bits per heavy atom. The lowest BCUT2D eigenvalue weighted by Crippen LogP contribution is -2.29. The van der Waals surface area contributed by atoms with E-state index >= 15 is 0 Å². The summed E-state index contributed by atoms with van der Waals surface area (Å²) in [5.74, 6) is -1.29. The maximum absolute atomic E-state index is 13.2. The zero-order valence-electron chi connectivity index (χ0n) is 10.9. The molecule has 0 fully saturated rings. The van der Waals surface area contributed by atoms with Gasteiger partial charge in [-0.05, 0) is 37.1 Å².